The molecule has 0 radical (unpaired) electrons. The van der Waals surface area contributed by atoms with E-state index in [4.69, 9.17) is 10.5 Å². The van der Waals surface area contributed by atoms with E-state index in [0.29, 0.717) is 6.42 Å². The molecule has 0 amide bonds. The van der Waals surface area contributed by atoms with Gasteiger partial charge in [-0.2, -0.15) is 0 Å². The lowest BCUT2D eigenvalue weighted by molar-refractivity contribution is -0.143. The van der Waals surface area contributed by atoms with Gasteiger partial charge in [0.15, 0.2) is 4.98 Å². The van der Waals surface area contributed by atoms with E-state index >= 15 is 0 Å². The largest absolute Gasteiger partial charge is 0.490 e. The van der Waals surface area contributed by atoms with Gasteiger partial charge >= 0.3 is 12.2 Å². The third-order valence-electron chi connectivity index (χ3n) is 1.83. The standard InChI is InChI=1S/C9H15N3O3/c1-3-4-5-7(9(14)15-2)12-8(13)6-11-10/h6-7,12H,3-5H2,1-2H3/p+1/b8-6-. The molecule has 0 aliphatic rings. The number of esters is 1. The number of nitrogens with zero attached hydrogens (tertiary/aromatic N) is 2. The van der Waals surface area contributed by atoms with Crippen molar-refractivity contribution >= 4 is 5.97 Å². The summed E-state index contributed by atoms with van der Waals surface area (Å²) in [6.07, 6.45) is 3.12. The highest BCUT2D eigenvalue weighted by Crippen LogP contribution is 2.04. The zero-order valence-corrected chi connectivity index (χ0v) is 8.93. The second-order valence-electron chi connectivity index (χ2n) is 2.99. The summed E-state index contributed by atoms with van der Waals surface area (Å²) in [4.78, 5) is 13.9. The summed E-state index contributed by atoms with van der Waals surface area (Å²) in [7, 11) is 1.28. The van der Waals surface area contributed by atoms with E-state index in [2.05, 4.69) is 15.0 Å². The molecule has 0 aliphatic carbocycles. The molecule has 6 heteroatoms. The normalized spacial score (nSPS) is 12.7. The number of methoxy groups -OCH3 is 1. The Morgan fingerprint density at radius 1 is 1.73 bits per heavy atom. The first kappa shape index (κ1) is 13.2. The summed E-state index contributed by atoms with van der Waals surface area (Å²) < 4.78 is 4.56. The van der Waals surface area contributed by atoms with Crippen LogP contribution in [0.25, 0.3) is 4.98 Å². The van der Waals surface area contributed by atoms with Gasteiger partial charge in [-0.05, 0) is 6.42 Å². The molecule has 6 nitrogen and oxygen atoms in total. The van der Waals surface area contributed by atoms with E-state index in [0.717, 1.165) is 19.0 Å². The summed E-state index contributed by atoms with van der Waals surface area (Å²) in [6, 6.07) is -0.618. The molecule has 0 spiro atoms. The SMILES string of the molecule is CCCCC(N/C(O)=C/[N+]#N)C(=O)OC. The minimum Gasteiger partial charge on any atom is -0.490 e. The first-order chi connectivity index (χ1) is 7.15. The fourth-order valence-corrected chi connectivity index (χ4v) is 1.07. The lowest BCUT2D eigenvalue weighted by atomic mass is 10.1. The summed E-state index contributed by atoms with van der Waals surface area (Å²) >= 11 is 0. The van der Waals surface area contributed by atoms with Gasteiger partial charge in [-0.15, -0.1) is 0 Å². The minimum atomic E-state index is -0.618. The topological polar surface area (TPSA) is 86.7 Å². The third kappa shape index (κ3) is 5.52. The van der Waals surface area contributed by atoms with E-state index in [1.54, 1.807) is 0 Å². The molecule has 0 aliphatic heterocycles. The molecule has 0 aromatic rings. The Balaban J connectivity index is 4.31. The molecular weight excluding hydrogens is 198 g/mol. The lowest BCUT2D eigenvalue weighted by Gasteiger charge is -2.14. The van der Waals surface area contributed by atoms with Crippen LogP contribution in [-0.2, 0) is 9.53 Å². The number of hydrogen-bond acceptors (Lipinski definition) is 5. The highest BCUT2D eigenvalue weighted by Gasteiger charge is 2.20. The van der Waals surface area contributed by atoms with Crippen LogP contribution in [0.1, 0.15) is 26.2 Å². The number of carbonyl (C=O) groups is 1. The molecular formula is C9H16N3O3+. The average molecular weight is 214 g/mol. The molecule has 84 valence electrons. The average Bonchev–Trinajstić information content (AvgIpc) is 2.23. The zero-order valence-electron chi connectivity index (χ0n) is 8.93. The van der Waals surface area contributed by atoms with Crippen LogP contribution in [0.2, 0.25) is 0 Å². The molecule has 0 aromatic heterocycles. The summed E-state index contributed by atoms with van der Waals surface area (Å²) in [5.74, 6) is -0.828. The first-order valence-electron chi connectivity index (χ1n) is 4.73. The lowest BCUT2D eigenvalue weighted by Crippen LogP contribution is -2.37. The smallest absolute Gasteiger partial charge is 0.409 e. The fourth-order valence-electron chi connectivity index (χ4n) is 1.07. The van der Waals surface area contributed by atoms with Gasteiger partial charge in [0.1, 0.15) is 6.04 Å². The van der Waals surface area contributed by atoms with Crippen molar-refractivity contribution in [3.63, 3.8) is 0 Å². The van der Waals surface area contributed by atoms with Gasteiger partial charge in [0.25, 0.3) is 5.88 Å². The Morgan fingerprint density at radius 2 is 2.40 bits per heavy atom. The maximum Gasteiger partial charge on any atom is 0.409 e. The van der Waals surface area contributed by atoms with Crippen LogP contribution >= 0.6 is 0 Å². The molecule has 1 atom stereocenters. The van der Waals surface area contributed by atoms with Crippen LogP contribution < -0.4 is 5.32 Å². The van der Waals surface area contributed by atoms with Crippen molar-refractivity contribution in [2.24, 2.45) is 0 Å². The number of diazo groups is 1. The molecule has 0 fully saturated rings. The van der Waals surface area contributed by atoms with Gasteiger partial charge in [0, 0.05) is 0 Å². The highest BCUT2D eigenvalue weighted by molar-refractivity contribution is 5.75. The molecule has 0 rings (SSSR count). The number of rotatable bonds is 6. The van der Waals surface area contributed by atoms with Crippen LogP contribution in [0.5, 0.6) is 0 Å². The summed E-state index contributed by atoms with van der Waals surface area (Å²) in [6.45, 7) is 1.99. The molecule has 0 saturated heterocycles. The van der Waals surface area contributed by atoms with Gasteiger partial charge in [0.2, 0.25) is 5.39 Å². The number of aliphatic hydroxyl groups is 1. The van der Waals surface area contributed by atoms with Crippen molar-refractivity contribution in [3.05, 3.63) is 17.1 Å². The van der Waals surface area contributed by atoms with E-state index < -0.39 is 12.0 Å². The number of ether oxygens (including phenoxy) is 1. The van der Waals surface area contributed by atoms with E-state index in [-0.39, 0.29) is 5.88 Å². The Labute approximate surface area is 88.5 Å². The van der Waals surface area contributed by atoms with Crippen molar-refractivity contribution in [2.75, 3.05) is 7.11 Å². The summed E-state index contributed by atoms with van der Waals surface area (Å²) in [5, 5.41) is 19.8. The summed E-state index contributed by atoms with van der Waals surface area (Å²) in [5.41, 5.74) is 0. The zero-order chi connectivity index (χ0) is 11.7. The third-order valence-corrected chi connectivity index (χ3v) is 1.83. The minimum absolute atomic E-state index is 0.371. The van der Waals surface area contributed by atoms with Crippen molar-refractivity contribution in [1.82, 2.24) is 5.32 Å². The Kier molecular flexibility index (Phi) is 6.72. The number of carbonyl (C=O) groups excluding carboxylic acids is 1. The molecule has 0 heterocycles. The molecule has 0 aromatic carbocycles. The van der Waals surface area contributed by atoms with E-state index in [1.165, 1.54) is 7.11 Å². The van der Waals surface area contributed by atoms with E-state index in [1.807, 2.05) is 6.92 Å². The second kappa shape index (κ2) is 7.62. The first-order valence-corrected chi connectivity index (χ1v) is 4.73. The van der Waals surface area contributed by atoms with Crippen LogP contribution in [0, 0.1) is 5.39 Å². The molecule has 15 heavy (non-hydrogen) atoms. The highest BCUT2D eigenvalue weighted by atomic mass is 16.5. The van der Waals surface area contributed by atoms with Crippen molar-refractivity contribution in [3.8, 4) is 0 Å². The molecule has 1 unspecified atom stereocenters. The van der Waals surface area contributed by atoms with Gasteiger partial charge < -0.3 is 15.2 Å². The Bertz CT molecular complexity index is 270. The quantitative estimate of drug-likeness (QED) is 0.397. The van der Waals surface area contributed by atoms with Crippen LogP contribution in [0.15, 0.2) is 12.1 Å². The van der Waals surface area contributed by atoms with Crippen LogP contribution in [0.3, 0.4) is 0 Å². The van der Waals surface area contributed by atoms with Gasteiger partial charge in [-0.25, -0.2) is 4.79 Å². The Hall–Kier alpha value is -1.77. The maximum atomic E-state index is 11.2. The molecule has 0 bridgehead atoms. The molecule has 2 N–H and O–H groups in total. The fraction of sp³-hybridized carbons (Fsp3) is 0.667. The molecule has 0 saturated carbocycles. The van der Waals surface area contributed by atoms with E-state index in [9.17, 15) is 4.79 Å². The second-order valence-corrected chi connectivity index (χ2v) is 2.99. The maximum absolute atomic E-state index is 11.2. The van der Waals surface area contributed by atoms with Crippen molar-refractivity contribution < 1.29 is 14.6 Å². The van der Waals surface area contributed by atoms with Crippen LogP contribution in [0.4, 0.5) is 0 Å². The predicted octanol–water partition coefficient (Wildman–Crippen LogP) is 1.52. The monoisotopic (exact) mass is 214 g/mol. The van der Waals surface area contributed by atoms with Gasteiger partial charge in [-0.3, -0.25) is 0 Å². The number of nitrogens with one attached hydrogen (secondary N) is 1. The van der Waals surface area contributed by atoms with Gasteiger partial charge in [-0.1, -0.05) is 19.8 Å². The van der Waals surface area contributed by atoms with Crippen molar-refractivity contribution in [1.29, 1.82) is 5.39 Å². The predicted molar refractivity (Wildman–Crippen MR) is 54.3 cm³/mol. The van der Waals surface area contributed by atoms with Crippen LogP contribution in [-0.4, -0.2) is 24.2 Å². The number of hydrogen-bond donors (Lipinski definition) is 2. The number of aliphatic hydroxyl groups excluding tert-OH is 1. The Morgan fingerprint density at radius 3 is 2.87 bits per heavy atom. The van der Waals surface area contributed by atoms with Gasteiger partial charge in [0.05, 0.1) is 7.11 Å². The number of unbranched alkanes of at least 4 members (excludes halogenated alkanes) is 1. The van der Waals surface area contributed by atoms with Crippen molar-refractivity contribution in [2.45, 2.75) is 32.2 Å².